The van der Waals surface area contributed by atoms with Crippen molar-refractivity contribution in [1.29, 1.82) is 0 Å². The molecule has 1 fully saturated rings. The average Bonchev–Trinajstić information content (AvgIpc) is 3.24. The van der Waals surface area contributed by atoms with Gasteiger partial charge in [0.1, 0.15) is 0 Å². The number of rotatable bonds is 3. The zero-order valence-electron chi connectivity index (χ0n) is 13.3. The number of aryl methyl sites for hydroxylation is 3. The molecular weight excluding hydrogens is 264 g/mol. The maximum Gasteiger partial charge on any atom is 0.254 e. The lowest BCUT2D eigenvalue weighted by Crippen LogP contribution is -2.36. The van der Waals surface area contributed by atoms with Gasteiger partial charge in [-0.3, -0.25) is 9.48 Å². The second kappa shape index (κ2) is 4.83. The minimum Gasteiger partial charge on any atom is -0.339 e. The molecule has 5 heteroatoms. The Labute approximate surface area is 125 Å². The molecule has 1 aliphatic carbocycles. The minimum absolute atomic E-state index is 0.0704. The molecule has 0 N–H and O–H groups in total. The second-order valence-electron chi connectivity index (χ2n) is 6.21. The first-order valence-corrected chi connectivity index (χ1v) is 7.48. The van der Waals surface area contributed by atoms with Gasteiger partial charge in [-0.15, -0.1) is 0 Å². The Hall–Kier alpha value is -1.91. The summed E-state index contributed by atoms with van der Waals surface area (Å²) < 4.78 is 1.75. The smallest absolute Gasteiger partial charge is 0.254 e. The normalized spacial score (nSPS) is 16.2. The van der Waals surface area contributed by atoms with Crippen molar-refractivity contribution in [3.05, 3.63) is 23.0 Å². The summed E-state index contributed by atoms with van der Waals surface area (Å²) in [7, 11) is 3.77. The third kappa shape index (κ3) is 2.30. The van der Waals surface area contributed by atoms with E-state index in [0.717, 1.165) is 28.0 Å². The van der Waals surface area contributed by atoms with Gasteiger partial charge in [0.15, 0.2) is 5.65 Å². The summed E-state index contributed by atoms with van der Waals surface area (Å²) in [5.74, 6) is 0.730. The van der Waals surface area contributed by atoms with Gasteiger partial charge in [-0.25, -0.2) is 4.98 Å². The van der Waals surface area contributed by atoms with Crippen molar-refractivity contribution < 1.29 is 4.79 Å². The van der Waals surface area contributed by atoms with Crippen molar-refractivity contribution in [2.45, 2.75) is 39.7 Å². The first-order valence-electron chi connectivity index (χ1n) is 7.48. The highest BCUT2D eigenvalue weighted by Crippen LogP contribution is 2.35. The van der Waals surface area contributed by atoms with Crippen LogP contribution in [0.4, 0.5) is 0 Å². The summed E-state index contributed by atoms with van der Waals surface area (Å²) in [5.41, 5.74) is 3.21. The minimum atomic E-state index is 0.0704. The molecule has 1 saturated carbocycles. The molecular formula is C16H22N4O. The van der Waals surface area contributed by atoms with E-state index in [0.29, 0.717) is 5.92 Å². The first-order chi connectivity index (χ1) is 9.90. The average molecular weight is 286 g/mol. The number of hydrogen-bond acceptors (Lipinski definition) is 3. The molecule has 0 saturated heterocycles. The number of fused-ring (bicyclic) bond motifs is 1. The zero-order valence-corrected chi connectivity index (χ0v) is 13.3. The number of nitrogens with zero attached hydrogens (tertiary/aromatic N) is 4. The molecule has 2 heterocycles. The summed E-state index contributed by atoms with van der Waals surface area (Å²) in [4.78, 5) is 19.3. The highest BCUT2D eigenvalue weighted by Gasteiger charge is 2.33. The van der Waals surface area contributed by atoms with Crippen LogP contribution in [0.3, 0.4) is 0 Å². The fraction of sp³-hybridized carbons (Fsp3) is 0.562. The lowest BCUT2D eigenvalue weighted by molar-refractivity contribution is 0.0729. The first kappa shape index (κ1) is 14.0. The maximum absolute atomic E-state index is 12.9. The van der Waals surface area contributed by atoms with E-state index >= 15 is 0 Å². The molecule has 21 heavy (non-hydrogen) atoms. The van der Waals surface area contributed by atoms with Crippen LogP contribution in [0.5, 0.6) is 0 Å². The molecule has 0 spiro atoms. The Morgan fingerprint density at radius 3 is 2.71 bits per heavy atom. The number of carbonyl (C=O) groups is 1. The summed E-state index contributed by atoms with van der Waals surface area (Å²) in [6.45, 7) is 5.99. The van der Waals surface area contributed by atoms with Gasteiger partial charge < -0.3 is 4.90 Å². The molecule has 5 nitrogen and oxygen atoms in total. The summed E-state index contributed by atoms with van der Waals surface area (Å²) in [6.07, 6.45) is 2.46. The van der Waals surface area contributed by atoms with Crippen molar-refractivity contribution >= 4 is 16.9 Å². The summed E-state index contributed by atoms with van der Waals surface area (Å²) in [6, 6.07) is 2.17. The Morgan fingerprint density at radius 2 is 2.10 bits per heavy atom. The van der Waals surface area contributed by atoms with Crippen LogP contribution in [0.25, 0.3) is 11.0 Å². The van der Waals surface area contributed by atoms with E-state index < -0.39 is 0 Å². The largest absolute Gasteiger partial charge is 0.339 e. The Balaban J connectivity index is 2.08. The van der Waals surface area contributed by atoms with Crippen LogP contribution in [0.2, 0.25) is 0 Å². The molecule has 0 bridgehead atoms. The van der Waals surface area contributed by atoms with Crippen molar-refractivity contribution in [2.24, 2.45) is 13.0 Å². The molecule has 1 aliphatic rings. The molecule has 3 rings (SSSR count). The Bertz CT molecular complexity index is 715. The highest BCUT2D eigenvalue weighted by molar-refractivity contribution is 6.06. The van der Waals surface area contributed by atoms with E-state index in [-0.39, 0.29) is 11.9 Å². The van der Waals surface area contributed by atoms with Gasteiger partial charge in [0.2, 0.25) is 0 Å². The predicted molar refractivity (Wildman–Crippen MR) is 82.3 cm³/mol. The number of aromatic nitrogens is 3. The van der Waals surface area contributed by atoms with Crippen LogP contribution in [0, 0.1) is 19.8 Å². The number of amides is 1. The van der Waals surface area contributed by atoms with Crippen LogP contribution in [-0.2, 0) is 7.05 Å². The number of carbonyl (C=O) groups excluding carboxylic acids is 1. The molecule has 1 atom stereocenters. The Kier molecular flexibility index (Phi) is 3.23. The van der Waals surface area contributed by atoms with Gasteiger partial charge in [0.25, 0.3) is 5.91 Å². The maximum atomic E-state index is 12.9. The second-order valence-corrected chi connectivity index (χ2v) is 6.21. The van der Waals surface area contributed by atoms with E-state index in [1.165, 1.54) is 12.8 Å². The van der Waals surface area contributed by atoms with Crippen LogP contribution >= 0.6 is 0 Å². The lowest BCUT2D eigenvalue weighted by atomic mass is 10.1. The fourth-order valence-electron chi connectivity index (χ4n) is 3.01. The van der Waals surface area contributed by atoms with Crippen LogP contribution in [0.1, 0.15) is 41.5 Å². The number of pyridine rings is 1. The van der Waals surface area contributed by atoms with E-state index in [2.05, 4.69) is 17.0 Å². The molecule has 2 aromatic heterocycles. The number of hydrogen-bond donors (Lipinski definition) is 0. The van der Waals surface area contributed by atoms with E-state index in [4.69, 9.17) is 0 Å². The van der Waals surface area contributed by atoms with Gasteiger partial charge >= 0.3 is 0 Å². The van der Waals surface area contributed by atoms with Crippen LogP contribution in [-0.4, -0.2) is 38.7 Å². The van der Waals surface area contributed by atoms with Gasteiger partial charge in [0, 0.05) is 25.8 Å². The van der Waals surface area contributed by atoms with Crippen molar-refractivity contribution in [3.8, 4) is 0 Å². The SMILES string of the molecule is Cc1cc(C(=O)N(C)C(C)C2CC2)c2c(C)nn(C)c2n1. The van der Waals surface area contributed by atoms with Gasteiger partial charge in [-0.2, -0.15) is 5.10 Å². The molecule has 112 valence electrons. The van der Waals surface area contributed by atoms with Gasteiger partial charge in [-0.05, 0) is 45.6 Å². The lowest BCUT2D eigenvalue weighted by Gasteiger charge is -2.25. The van der Waals surface area contributed by atoms with Crippen LogP contribution in [0.15, 0.2) is 6.07 Å². The van der Waals surface area contributed by atoms with Gasteiger partial charge in [0.05, 0.1) is 16.6 Å². The summed E-state index contributed by atoms with van der Waals surface area (Å²) >= 11 is 0. The van der Waals surface area contributed by atoms with E-state index in [1.807, 2.05) is 38.9 Å². The molecule has 0 aliphatic heterocycles. The molecule has 2 aromatic rings. The van der Waals surface area contributed by atoms with E-state index in [1.54, 1.807) is 4.68 Å². The van der Waals surface area contributed by atoms with Crippen molar-refractivity contribution in [1.82, 2.24) is 19.7 Å². The monoisotopic (exact) mass is 286 g/mol. The van der Waals surface area contributed by atoms with Crippen LogP contribution < -0.4 is 0 Å². The van der Waals surface area contributed by atoms with E-state index in [9.17, 15) is 4.79 Å². The molecule has 1 amide bonds. The molecule has 0 aromatic carbocycles. The van der Waals surface area contributed by atoms with Gasteiger partial charge in [-0.1, -0.05) is 0 Å². The zero-order chi connectivity index (χ0) is 15.3. The predicted octanol–water partition coefficient (Wildman–Crippen LogP) is 2.46. The molecule has 0 radical (unpaired) electrons. The summed E-state index contributed by atoms with van der Waals surface area (Å²) in [5, 5.41) is 5.29. The topological polar surface area (TPSA) is 51.0 Å². The van der Waals surface area contributed by atoms with Crippen molar-refractivity contribution in [2.75, 3.05) is 7.05 Å². The fourth-order valence-corrected chi connectivity index (χ4v) is 3.01. The Morgan fingerprint density at radius 1 is 1.43 bits per heavy atom. The van der Waals surface area contributed by atoms with Crippen molar-refractivity contribution in [3.63, 3.8) is 0 Å². The quantitative estimate of drug-likeness (QED) is 0.871. The third-order valence-corrected chi connectivity index (χ3v) is 4.56. The third-order valence-electron chi connectivity index (χ3n) is 4.56. The highest BCUT2D eigenvalue weighted by atomic mass is 16.2. The standard InChI is InChI=1S/C16H22N4O/c1-9-8-13(14-10(2)18-20(5)15(14)17-9)16(21)19(4)11(3)12-6-7-12/h8,11-12H,6-7H2,1-5H3. The molecule has 1 unspecified atom stereocenters.